The number of nitrogens with one attached hydrogen (secondary N) is 1. The topological polar surface area (TPSA) is 29.1 Å². The van der Waals surface area contributed by atoms with Crippen molar-refractivity contribution >= 4 is 10.8 Å². The molecule has 0 fully saturated rings. The summed E-state index contributed by atoms with van der Waals surface area (Å²) in [5, 5.41) is 4.13. The first-order valence-corrected chi connectivity index (χ1v) is 9.13. The van der Waals surface area contributed by atoms with Crippen molar-refractivity contribution in [2.75, 3.05) is 6.54 Å². The van der Waals surface area contributed by atoms with E-state index in [9.17, 15) is 4.21 Å². The molecule has 112 valence electrons. The highest BCUT2D eigenvalue weighted by molar-refractivity contribution is 7.86. The van der Waals surface area contributed by atoms with E-state index < -0.39 is 10.8 Å². The van der Waals surface area contributed by atoms with Crippen molar-refractivity contribution in [1.82, 2.24) is 5.32 Å². The molecule has 3 atom stereocenters. The first-order valence-electron chi connectivity index (χ1n) is 7.85. The van der Waals surface area contributed by atoms with Gasteiger partial charge in [-0.3, -0.25) is 4.21 Å². The summed E-state index contributed by atoms with van der Waals surface area (Å²) in [6.07, 6.45) is 4.43. The molecule has 1 N–H and O–H groups in total. The van der Waals surface area contributed by atoms with Crippen LogP contribution < -0.4 is 5.32 Å². The fourth-order valence-corrected chi connectivity index (χ4v) is 4.68. The molecule has 0 spiro atoms. The van der Waals surface area contributed by atoms with Crippen LogP contribution in [0.4, 0.5) is 0 Å². The number of fused-ring (bicyclic) bond motifs is 1. The van der Waals surface area contributed by atoms with E-state index in [0.29, 0.717) is 0 Å². The summed E-state index contributed by atoms with van der Waals surface area (Å²) in [6.45, 7) is 7.32. The quantitative estimate of drug-likeness (QED) is 0.841. The molecule has 1 aliphatic carbocycles. The van der Waals surface area contributed by atoms with Crippen LogP contribution in [0.3, 0.4) is 0 Å². The van der Waals surface area contributed by atoms with E-state index in [1.165, 1.54) is 11.1 Å². The smallest absolute Gasteiger partial charge is 0.0545 e. The molecule has 0 amide bonds. The van der Waals surface area contributed by atoms with Gasteiger partial charge < -0.3 is 5.32 Å². The van der Waals surface area contributed by atoms with Gasteiger partial charge in [0.25, 0.3) is 0 Å². The first kappa shape index (κ1) is 15.7. The van der Waals surface area contributed by atoms with Crippen molar-refractivity contribution in [3.63, 3.8) is 0 Å². The van der Waals surface area contributed by atoms with Gasteiger partial charge in [0.2, 0.25) is 0 Å². The van der Waals surface area contributed by atoms with Crippen LogP contribution in [0.2, 0.25) is 0 Å². The van der Waals surface area contributed by atoms with Gasteiger partial charge in [0.15, 0.2) is 0 Å². The van der Waals surface area contributed by atoms with Gasteiger partial charge in [-0.05, 0) is 43.4 Å². The Bertz CT molecular complexity index is 458. The molecular weight excluding hydrogens is 266 g/mol. The Kier molecular flexibility index (Phi) is 5.79. The molecule has 20 heavy (non-hydrogen) atoms. The van der Waals surface area contributed by atoms with Gasteiger partial charge in [-0.2, -0.15) is 0 Å². The van der Waals surface area contributed by atoms with Gasteiger partial charge in [0.1, 0.15) is 0 Å². The maximum absolute atomic E-state index is 12.7. The first-order chi connectivity index (χ1) is 9.65. The van der Waals surface area contributed by atoms with Gasteiger partial charge in [-0.1, -0.05) is 45.0 Å². The molecule has 0 saturated heterocycles. The molecule has 0 saturated carbocycles. The van der Waals surface area contributed by atoms with Gasteiger partial charge >= 0.3 is 0 Å². The minimum Gasteiger partial charge on any atom is -0.309 e. The third kappa shape index (κ3) is 3.50. The lowest BCUT2D eigenvalue weighted by molar-refractivity contribution is 0.489. The van der Waals surface area contributed by atoms with Crippen LogP contribution in [0.5, 0.6) is 0 Å². The average Bonchev–Trinajstić information content (AvgIpc) is 2.63. The Morgan fingerprint density at radius 3 is 2.80 bits per heavy atom. The van der Waals surface area contributed by atoms with Crippen molar-refractivity contribution < 1.29 is 4.21 Å². The standard InChI is InChI=1S/C17H27NOS/c1-4-12-18-17-15-10-6-5-8-14(15)9-7-11-16(17)20(19)13(2)3/h5-6,8,10,13,16-18H,4,7,9,11-12H2,1-3H3. The van der Waals surface area contributed by atoms with Crippen LogP contribution in [-0.4, -0.2) is 21.3 Å². The second-order valence-corrected chi connectivity index (χ2v) is 8.14. The predicted octanol–water partition coefficient (Wildman–Crippen LogP) is 3.59. The number of rotatable bonds is 5. The third-order valence-corrected chi connectivity index (χ3v) is 6.11. The van der Waals surface area contributed by atoms with Gasteiger partial charge in [0.05, 0.1) is 5.25 Å². The van der Waals surface area contributed by atoms with Crippen molar-refractivity contribution in [3.05, 3.63) is 35.4 Å². The van der Waals surface area contributed by atoms with Crippen LogP contribution in [0.25, 0.3) is 0 Å². The molecule has 3 unspecified atom stereocenters. The van der Waals surface area contributed by atoms with Crippen LogP contribution in [0, 0.1) is 0 Å². The van der Waals surface area contributed by atoms with Crippen molar-refractivity contribution in [2.24, 2.45) is 0 Å². The Morgan fingerprint density at radius 2 is 2.10 bits per heavy atom. The second kappa shape index (κ2) is 7.37. The maximum atomic E-state index is 12.7. The zero-order valence-corrected chi connectivity index (χ0v) is 13.7. The summed E-state index contributed by atoms with van der Waals surface area (Å²) in [6, 6.07) is 8.93. The van der Waals surface area contributed by atoms with Gasteiger partial charge in [-0.15, -0.1) is 0 Å². The van der Waals surface area contributed by atoms with Crippen LogP contribution in [0.15, 0.2) is 24.3 Å². The summed E-state index contributed by atoms with van der Waals surface area (Å²) < 4.78 is 12.7. The summed E-state index contributed by atoms with van der Waals surface area (Å²) in [5.74, 6) is 0. The minimum absolute atomic E-state index is 0.233. The monoisotopic (exact) mass is 293 g/mol. The van der Waals surface area contributed by atoms with Crippen LogP contribution in [0.1, 0.15) is 57.2 Å². The summed E-state index contributed by atoms with van der Waals surface area (Å²) in [5.41, 5.74) is 2.81. The summed E-state index contributed by atoms with van der Waals surface area (Å²) in [7, 11) is -0.773. The molecule has 2 nitrogen and oxygen atoms in total. The van der Waals surface area contributed by atoms with Crippen molar-refractivity contribution in [3.8, 4) is 0 Å². The fourth-order valence-electron chi connectivity index (χ4n) is 3.07. The lowest BCUT2D eigenvalue weighted by atomic mass is 9.99. The zero-order valence-electron chi connectivity index (χ0n) is 12.9. The SMILES string of the molecule is CCCNC1c2ccccc2CCCC1S(=O)C(C)C. The molecule has 1 aromatic rings. The zero-order chi connectivity index (χ0) is 14.5. The number of aryl methyl sites for hydroxylation is 1. The highest BCUT2D eigenvalue weighted by atomic mass is 32.2. The molecule has 3 heteroatoms. The molecule has 0 radical (unpaired) electrons. The molecule has 0 aliphatic heterocycles. The molecule has 1 aromatic carbocycles. The lowest BCUT2D eigenvalue weighted by Crippen LogP contribution is -2.37. The Balaban J connectivity index is 2.34. The Hall–Kier alpha value is -0.670. The average molecular weight is 293 g/mol. The number of hydrogen-bond donors (Lipinski definition) is 1. The Morgan fingerprint density at radius 1 is 1.35 bits per heavy atom. The number of hydrogen-bond acceptors (Lipinski definition) is 2. The van der Waals surface area contributed by atoms with Crippen molar-refractivity contribution in [1.29, 1.82) is 0 Å². The molecule has 2 rings (SSSR count). The van der Waals surface area contributed by atoms with E-state index in [1.807, 2.05) is 0 Å². The summed E-state index contributed by atoms with van der Waals surface area (Å²) in [4.78, 5) is 0. The minimum atomic E-state index is -0.773. The highest BCUT2D eigenvalue weighted by Crippen LogP contribution is 2.32. The maximum Gasteiger partial charge on any atom is 0.0545 e. The van der Waals surface area contributed by atoms with Crippen LogP contribution in [-0.2, 0) is 17.2 Å². The Labute approximate surface area is 125 Å². The molecule has 0 aromatic heterocycles. The van der Waals surface area contributed by atoms with Gasteiger partial charge in [0, 0.05) is 22.1 Å². The van der Waals surface area contributed by atoms with E-state index in [-0.39, 0.29) is 16.5 Å². The normalized spacial score (nSPS) is 24.2. The van der Waals surface area contributed by atoms with E-state index >= 15 is 0 Å². The van der Waals surface area contributed by atoms with E-state index in [1.54, 1.807) is 0 Å². The predicted molar refractivity (Wildman–Crippen MR) is 87.5 cm³/mol. The molecule has 1 aliphatic rings. The van der Waals surface area contributed by atoms with E-state index in [4.69, 9.17) is 0 Å². The van der Waals surface area contributed by atoms with E-state index in [2.05, 4.69) is 50.4 Å². The molecular formula is C17H27NOS. The fraction of sp³-hybridized carbons (Fsp3) is 0.647. The molecule has 0 bridgehead atoms. The van der Waals surface area contributed by atoms with Gasteiger partial charge in [-0.25, -0.2) is 0 Å². The highest BCUT2D eigenvalue weighted by Gasteiger charge is 2.32. The lowest BCUT2D eigenvalue weighted by Gasteiger charge is -2.28. The molecule has 0 heterocycles. The largest absolute Gasteiger partial charge is 0.309 e. The van der Waals surface area contributed by atoms with E-state index in [0.717, 1.165) is 32.2 Å². The third-order valence-electron chi connectivity index (χ3n) is 4.07. The summed E-state index contributed by atoms with van der Waals surface area (Å²) >= 11 is 0. The second-order valence-electron chi connectivity index (χ2n) is 5.94. The number of benzene rings is 1. The van der Waals surface area contributed by atoms with Crippen LogP contribution >= 0.6 is 0 Å². The van der Waals surface area contributed by atoms with Crippen molar-refractivity contribution in [2.45, 2.75) is 63.0 Å².